The first-order valence-corrected chi connectivity index (χ1v) is 8.66. The molecule has 0 aromatic carbocycles. The molecule has 0 rings (SSSR count). The predicted molar refractivity (Wildman–Crippen MR) is 53.3 cm³/mol. The summed E-state index contributed by atoms with van der Waals surface area (Å²) in [6.07, 6.45) is 5.84. The van der Waals surface area contributed by atoms with Gasteiger partial charge >= 0.3 is 69.5 Å². The Labute approximate surface area is 85.9 Å². The third-order valence-corrected chi connectivity index (χ3v) is 5.45. The maximum atomic E-state index is 6.47. The van der Waals surface area contributed by atoms with Crippen LogP contribution >= 0.6 is 11.9 Å². The van der Waals surface area contributed by atoms with E-state index in [9.17, 15) is 0 Å². The van der Waals surface area contributed by atoms with E-state index in [1.165, 1.54) is 25.7 Å². The van der Waals surface area contributed by atoms with Crippen LogP contribution in [0.15, 0.2) is 0 Å². The van der Waals surface area contributed by atoms with Gasteiger partial charge in [0.1, 0.15) is 0 Å². The van der Waals surface area contributed by atoms with Crippen LogP contribution in [-0.4, -0.2) is 25.8 Å². The molecule has 0 bridgehead atoms. The van der Waals surface area contributed by atoms with Crippen molar-refractivity contribution in [2.24, 2.45) is 0 Å². The van der Waals surface area contributed by atoms with E-state index in [-0.39, 0.29) is 21.1 Å². The van der Waals surface area contributed by atoms with E-state index >= 15 is 0 Å². The fraction of sp³-hybridized carbons (Fsp3) is 1.00. The van der Waals surface area contributed by atoms with Crippen molar-refractivity contribution in [3.05, 3.63) is 0 Å². The molecule has 0 aromatic rings. The van der Waals surface area contributed by atoms with Crippen LogP contribution in [0, 0.1) is 0 Å². The van der Waals surface area contributed by atoms with Gasteiger partial charge in [0.15, 0.2) is 0 Å². The van der Waals surface area contributed by atoms with Gasteiger partial charge in [-0.1, -0.05) is 0 Å². The van der Waals surface area contributed by atoms with E-state index in [0.29, 0.717) is 0 Å². The molecule has 0 fully saturated rings. The summed E-state index contributed by atoms with van der Waals surface area (Å²) in [4.78, 5) is 0. The van der Waals surface area contributed by atoms with Gasteiger partial charge in [-0.15, -0.1) is 0 Å². The Morgan fingerprint density at radius 3 is 1.64 bits per heavy atom. The van der Waals surface area contributed by atoms with Crippen LogP contribution in [-0.2, 0) is 0 Å². The summed E-state index contributed by atoms with van der Waals surface area (Å²) in [5.41, 5.74) is 0. The summed E-state index contributed by atoms with van der Waals surface area (Å²) in [6, 6.07) is 0. The number of rotatable bonds is 6. The Morgan fingerprint density at radius 2 is 1.36 bits per heavy atom. The third-order valence-electron chi connectivity index (χ3n) is 1.41. The summed E-state index contributed by atoms with van der Waals surface area (Å²) in [5, 5.41) is 0. The zero-order chi connectivity index (χ0) is 8.95. The summed E-state index contributed by atoms with van der Waals surface area (Å²) < 4.78 is 9.72. The molecule has 11 heavy (non-hydrogen) atoms. The van der Waals surface area contributed by atoms with Gasteiger partial charge in [-0.2, -0.15) is 0 Å². The van der Waals surface area contributed by atoms with E-state index in [1.807, 2.05) is 0 Å². The molecule has 0 spiro atoms. The van der Waals surface area contributed by atoms with Gasteiger partial charge in [-0.3, -0.25) is 4.66 Å². The Bertz CT molecular complexity index is 47.4. The largest absolute Gasteiger partial charge is 0.295 e. The average molecular weight is 285 g/mol. The van der Waals surface area contributed by atoms with Gasteiger partial charge in [0.05, 0.1) is 11.9 Å². The van der Waals surface area contributed by atoms with Crippen molar-refractivity contribution in [3.8, 4) is 0 Å². The van der Waals surface area contributed by atoms with Crippen molar-refractivity contribution < 1.29 is 4.66 Å². The summed E-state index contributed by atoms with van der Waals surface area (Å²) in [6.45, 7) is 4.58. The molecule has 68 valence electrons. The zero-order valence-corrected chi connectivity index (χ0v) is 11.2. The van der Waals surface area contributed by atoms with Crippen LogP contribution < -0.4 is 0 Å². The number of halogens is 1. The monoisotopic (exact) mass is 286 g/mol. The quantitative estimate of drug-likeness (QED) is 0.586. The van der Waals surface area contributed by atoms with Crippen LogP contribution in [0.2, 0.25) is 8.87 Å². The van der Waals surface area contributed by atoms with Crippen molar-refractivity contribution in [1.29, 1.82) is 0 Å². The van der Waals surface area contributed by atoms with E-state index in [4.69, 9.17) is 4.66 Å². The molecule has 0 amide bonds. The normalized spacial score (nSPS) is 8.73. The van der Waals surface area contributed by atoms with E-state index in [2.05, 4.69) is 25.7 Å². The minimum atomic E-state index is 0.149. The molecule has 1 N–H and O–H groups in total. The van der Waals surface area contributed by atoms with Gasteiger partial charge in [0, 0.05) is 0 Å². The molecule has 0 saturated carbocycles. The molecule has 0 aliphatic rings. The Morgan fingerprint density at radius 1 is 1.00 bits per heavy atom. The van der Waals surface area contributed by atoms with E-state index in [0.717, 1.165) is 0 Å². The molecule has 0 heterocycles. The van der Waals surface area contributed by atoms with Gasteiger partial charge in [-0.05, 0) is 0 Å². The minimum absolute atomic E-state index is 0.149. The third kappa shape index (κ3) is 18.2. The molecule has 0 unspecified atom stereocenters. The summed E-state index contributed by atoms with van der Waals surface area (Å²) >= 11 is 3.79. The summed E-state index contributed by atoms with van der Waals surface area (Å²) in [7, 11) is 0. The van der Waals surface area contributed by atoms with Crippen molar-refractivity contribution in [1.82, 2.24) is 0 Å². The molecule has 0 atom stereocenters. The van der Waals surface area contributed by atoms with Crippen molar-refractivity contribution in [2.75, 3.05) is 0 Å². The Kier molecular flexibility index (Phi) is 22.8. The second kappa shape index (κ2) is 17.2. The molecular weight excluding hydrogens is 266 g/mol. The van der Waals surface area contributed by atoms with Gasteiger partial charge in [0.2, 0.25) is 0 Å². The first-order valence-electron chi connectivity index (χ1n) is 4.29. The Balaban J connectivity index is 0. The maximum Gasteiger partial charge on any atom is 0.0579 e. The molecule has 1 nitrogen and oxygen atoms in total. The van der Waals surface area contributed by atoms with Gasteiger partial charge in [-0.25, -0.2) is 0 Å². The number of hydrogen-bond donors (Lipinski definition) is 1. The minimum Gasteiger partial charge on any atom is -0.295 e. The standard InChI is InChI=1S/2C4H9.ClHO.Sn/c2*1-3-4-2;1-2;/h2*1,3-4H2,2H3;2H;. The van der Waals surface area contributed by atoms with Gasteiger partial charge < -0.3 is 0 Å². The smallest absolute Gasteiger partial charge is 0.0579 e. The average Bonchev–Trinajstić information content (AvgIpc) is 2.08. The molecule has 0 aromatic heterocycles. The first-order chi connectivity index (χ1) is 5.41. The number of unbranched alkanes of at least 4 members (excludes halogenated alkanes) is 2. The second-order valence-electron chi connectivity index (χ2n) is 2.46. The Hall–Kier alpha value is 1.05. The second-order valence-corrected chi connectivity index (χ2v) is 6.74. The van der Waals surface area contributed by atoms with Crippen molar-refractivity contribution in [3.63, 3.8) is 0 Å². The molecule has 0 aliphatic carbocycles. The molecule has 2 radical (unpaired) electrons. The summed E-state index contributed by atoms with van der Waals surface area (Å²) in [5.74, 6) is 0. The van der Waals surface area contributed by atoms with Crippen molar-refractivity contribution in [2.45, 2.75) is 48.4 Å². The first kappa shape index (κ1) is 14.6. The maximum absolute atomic E-state index is 6.47. The van der Waals surface area contributed by atoms with E-state index < -0.39 is 0 Å². The fourth-order valence-electron chi connectivity index (χ4n) is 0.729. The molecule has 0 aliphatic heterocycles. The van der Waals surface area contributed by atoms with Crippen LogP contribution in [0.5, 0.6) is 0 Å². The predicted octanol–water partition coefficient (Wildman–Crippen LogP) is 3.26. The topological polar surface area (TPSA) is 20.2 Å². The van der Waals surface area contributed by atoms with E-state index in [1.54, 1.807) is 8.87 Å². The van der Waals surface area contributed by atoms with Crippen LogP contribution in [0.4, 0.5) is 0 Å². The van der Waals surface area contributed by atoms with Crippen molar-refractivity contribution >= 4 is 33.0 Å². The molecular formula is C8H19ClOSn. The number of hydrogen-bond acceptors (Lipinski definition) is 1. The SMILES string of the molecule is CCC[CH2][Sn][CH2]CCC.OCl. The molecule has 3 heteroatoms. The molecule has 0 saturated heterocycles. The van der Waals surface area contributed by atoms with Crippen LogP contribution in [0.25, 0.3) is 0 Å². The van der Waals surface area contributed by atoms with Gasteiger partial charge in [0.25, 0.3) is 0 Å². The van der Waals surface area contributed by atoms with Crippen LogP contribution in [0.3, 0.4) is 0 Å². The zero-order valence-electron chi connectivity index (χ0n) is 7.57. The van der Waals surface area contributed by atoms with Crippen LogP contribution in [0.1, 0.15) is 39.5 Å². The fourth-order valence-corrected chi connectivity index (χ4v) is 4.89.